The average Bonchev–Trinajstić information content (AvgIpc) is 3.02. The van der Waals surface area contributed by atoms with Gasteiger partial charge in [0.05, 0.1) is 23.9 Å². The third-order valence-corrected chi connectivity index (χ3v) is 4.13. The van der Waals surface area contributed by atoms with Crippen LogP contribution in [0.5, 0.6) is 0 Å². The van der Waals surface area contributed by atoms with E-state index in [4.69, 9.17) is 25.5 Å². The first-order valence-corrected chi connectivity index (χ1v) is 8.60. The van der Waals surface area contributed by atoms with Gasteiger partial charge in [-0.1, -0.05) is 11.6 Å². The molecule has 9 heteroatoms. The number of furan rings is 1. The molecule has 1 aromatic carbocycles. The highest BCUT2D eigenvalue weighted by molar-refractivity contribution is 6.31. The second kappa shape index (κ2) is 7.71. The van der Waals surface area contributed by atoms with Crippen LogP contribution in [0.25, 0.3) is 11.0 Å². The van der Waals surface area contributed by atoms with Crippen LogP contribution in [-0.2, 0) is 14.3 Å². The van der Waals surface area contributed by atoms with Crippen molar-refractivity contribution in [3.05, 3.63) is 46.3 Å². The molecule has 8 nitrogen and oxygen atoms in total. The minimum Gasteiger partial charge on any atom is -0.463 e. The summed E-state index contributed by atoms with van der Waals surface area (Å²) in [7, 11) is 0. The van der Waals surface area contributed by atoms with Gasteiger partial charge in [-0.3, -0.25) is 0 Å². The maximum atomic E-state index is 12.3. The van der Waals surface area contributed by atoms with Crippen LogP contribution in [0.15, 0.2) is 40.0 Å². The van der Waals surface area contributed by atoms with Crippen molar-refractivity contribution in [3.8, 4) is 0 Å². The summed E-state index contributed by atoms with van der Waals surface area (Å²) in [5, 5.41) is 6.21. The Balaban J connectivity index is 1.79. The lowest BCUT2D eigenvalue weighted by Gasteiger charge is -2.26. The summed E-state index contributed by atoms with van der Waals surface area (Å²) >= 11 is 5.92. The molecule has 0 bridgehead atoms. The number of halogens is 1. The quantitative estimate of drug-likeness (QED) is 0.758. The number of carbonyl (C=O) groups excluding carboxylic acids is 3. The van der Waals surface area contributed by atoms with E-state index in [0.29, 0.717) is 16.0 Å². The number of rotatable bonds is 5. The van der Waals surface area contributed by atoms with Crippen molar-refractivity contribution in [2.24, 2.45) is 0 Å². The SMILES string of the molecule is CCOC(=O)C1=C(COC(=O)c2cc3cc(Cl)ccc3o2)NC(=O)NC1C. The molecule has 3 rings (SSSR count). The zero-order valence-corrected chi connectivity index (χ0v) is 15.4. The minimum absolute atomic E-state index is 0.0149. The van der Waals surface area contributed by atoms with Gasteiger partial charge in [0.25, 0.3) is 0 Å². The van der Waals surface area contributed by atoms with E-state index in [1.54, 1.807) is 32.0 Å². The summed E-state index contributed by atoms with van der Waals surface area (Å²) in [4.78, 5) is 36.1. The Morgan fingerprint density at radius 3 is 2.74 bits per heavy atom. The van der Waals surface area contributed by atoms with Crippen molar-refractivity contribution in [3.63, 3.8) is 0 Å². The van der Waals surface area contributed by atoms with Gasteiger partial charge < -0.3 is 24.5 Å². The van der Waals surface area contributed by atoms with Gasteiger partial charge in [0.2, 0.25) is 5.76 Å². The highest BCUT2D eigenvalue weighted by Crippen LogP contribution is 2.24. The Bertz CT molecular complexity index is 948. The van der Waals surface area contributed by atoms with Crippen molar-refractivity contribution in [1.29, 1.82) is 0 Å². The lowest BCUT2D eigenvalue weighted by Crippen LogP contribution is -2.50. The van der Waals surface area contributed by atoms with E-state index in [1.807, 2.05) is 0 Å². The molecule has 27 heavy (non-hydrogen) atoms. The maximum absolute atomic E-state index is 12.3. The Kier molecular flexibility index (Phi) is 5.36. The number of ether oxygens (including phenoxy) is 2. The fourth-order valence-electron chi connectivity index (χ4n) is 2.72. The monoisotopic (exact) mass is 392 g/mol. The molecule has 1 aromatic heterocycles. The summed E-state index contributed by atoms with van der Waals surface area (Å²) in [6.45, 7) is 3.17. The van der Waals surface area contributed by atoms with Crippen LogP contribution in [0, 0.1) is 0 Å². The number of esters is 2. The number of carbonyl (C=O) groups is 3. The first-order valence-electron chi connectivity index (χ1n) is 8.23. The van der Waals surface area contributed by atoms with Gasteiger partial charge in [-0.25, -0.2) is 14.4 Å². The van der Waals surface area contributed by atoms with Crippen molar-refractivity contribution < 1.29 is 28.3 Å². The standard InChI is InChI=1S/C18H17ClN2O6/c1-3-25-17(23)15-9(2)20-18(24)21-12(15)8-26-16(22)14-7-10-6-11(19)4-5-13(10)27-14/h4-7,9H,3,8H2,1-2H3,(H2,20,21,24). The van der Waals surface area contributed by atoms with Crippen LogP contribution in [0.4, 0.5) is 4.79 Å². The van der Waals surface area contributed by atoms with E-state index in [1.165, 1.54) is 6.07 Å². The molecule has 1 unspecified atom stereocenters. The second-order valence-electron chi connectivity index (χ2n) is 5.80. The fourth-order valence-corrected chi connectivity index (χ4v) is 2.90. The highest BCUT2D eigenvalue weighted by atomic mass is 35.5. The summed E-state index contributed by atoms with van der Waals surface area (Å²) < 4.78 is 15.6. The third kappa shape index (κ3) is 4.06. The maximum Gasteiger partial charge on any atom is 0.374 e. The molecule has 1 aliphatic heterocycles. The Hall–Kier alpha value is -3.00. The van der Waals surface area contributed by atoms with Crippen molar-refractivity contribution >= 4 is 40.5 Å². The van der Waals surface area contributed by atoms with E-state index < -0.39 is 24.0 Å². The zero-order chi connectivity index (χ0) is 19.6. The fraction of sp³-hybridized carbons (Fsp3) is 0.278. The van der Waals surface area contributed by atoms with Gasteiger partial charge in [0.15, 0.2) is 0 Å². The largest absolute Gasteiger partial charge is 0.463 e. The topological polar surface area (TPSA) is 107 Å². The molecule has 0 fully saturated rings. The van der Waals surface area contributed by atoms with Crippen molar-refractivity contribution in [2.75, 3.05) is 13.2 Å². The van der Waals surface area contributed by atoms with Crippen LogP contribution in [-0.4, -0.2) is 37.2 Å². The van der Waals surface area contributed by atoms with E-state index in [0.717, 1.165) is 0 Å². The summed E-state index contributed by atoms with van der Waals surface area (Å²) in [5.41, 5.74) is 0.847. The molecule has 1 aliphatic rings. The van der Waals surface area contributed by atoms with E-state index >= 15 is 0 Å². The lowest BCUT2D eigenvalue weighted by molar-refractivity contribution is -0.139. The second-order valence-corrected chi connectivity index (χ2v) is 6.24. The van der Waals surface area contributed by atoms with Crippen molar-refractivity contribution in [1.82, 2.24) is 10.6 Å². The summed E-state index contributed by atoms with van der Waals surface area (Å²) in [6.07, 6.45) is 0. The van der Waals surface area contributed by atoms with Crippen molar-refractivity contribution in [2.45, 2.75) is 19.9 Å². The number of nitrogens with one attached hydrogen (secondary N) is 2. The number of hydrogen-bond donors (Lipinski definition) is 2. The Morgan fingerprint density at radius 2 is 2.00 bits per heavy atom. The molecule has 2 amide bonds. The predicted octanol–water partition coefficient (Wildman–Crippen LogP) is 2.76. The molecule has 2 aromatic rings. The molecule has 0 saturated carbocycles. The summed E-state index contributed by atoms with van der Waals surface area (Å²) in [5.74, 6) is -1.35. The summed E-state index contributed by atoms with van der Waals surface area (Å²) in [6, 6.07) is 5.37. The lowest BCUT2D eigenvalue weighted by atomic mass is 10.0. The Labute approximate surface area is 159 Å². The smallest absolute Gasteiger partial charge is 0.374 e. The zero-order valence-electron chi connectivity index (χ0n) is 14.6. The molecule has 142 valence electrons. The number of urea groups is 1. The van der Waals surface area contributed by atoms with Gasteiger partial charge in [0.1, 0.15) is 12.2 Å². The van der Waals surface area contributed by atoms with Gasteiger partial charge in [-0.05, 0) is 38.1 Å². The van der Waals surface area contributed by atoms with Crippen LogP contribution >= 0.6 is 11.6 Å². The molecule has 0 spiro atoms. The highest BCUT2D eigenvalue weighted by Gasteiger charge is 2.30. The average molecular weight is 393 g/mol. The normalized spacial score (nSPS) is 16.7. The van der Waals surface area contributed by atoms with Gasteiger partial charge in [-0.15, -0.1) is 0 Å². The molecule has 2 heterocycles. The van der Waals surface area contributed by atoms with Gasteiger partial charge in [-0.2, -0.15) is 0 Å². The van der Waals surface area contributed by atoms with Crippen LogP contribution in [0.2, 0.25) is 5.02 Å². The van der Waals surface area contributed by atoms with Gasteiger partial charge in [0, 0.05) is 10.4 Å². The Morgan fingerprint density at radius 1 is 1.22 bits per heavy atom. The number of benzene rings is 1. The number of fused-ring (bicyclic) bond motifs is 1. The third-order valence-electron chi connectivity index (χ3n) is 3.89. The molecule has 0 saturated heterocycles. The number of amides is 2. The molecule has 1 atom stereocenters. The first kappa shape index (κ1) is 18.8. The van der Waals surface area contributed by atoms with E-state index in [-0.39, 0.29) is 30.2 Å². The van der Waals surface area contributed by atoms with E-state index in [9.17, 15) is 14.4 Å². The molecule has 2 N–H and O–H groups in total. The van der Waals surface area contributed by atoms with E-state index in [2.05, 4.69) is 10.6 Å². The minimum atomic E-state index is -0.738. The molecule has 0 aliphatic carbocycles. The van der Waals surface area contributed by atoms with Crippen LogP contribution in [0.3, 0.4) is 0 Å². The molecular weight excluding hydrogens is 376 g/mol. The predicted molar refractivity (Wildman–Crippen MR) is 96.3 cm³/mol. The van der Waals surface area contributed by atoms with Crippen LogP contribution in [0.1, 0.15) is 24.4 Å². The first-order chi connectivity index (χ1) is 12.9. The molecular formula is C18H17ClN2O6. The molecule has 0 radical (unpaired) electrons. The van der Waals surface area contributed by atoms with Crippen LogP contribution < -0.4 is 10.6 Å². The van der Waals surface area contributed by atoms with Gasteiger partial charge >= 0.3 is 18.0 Å². The number of hydrogen-bond acceptors (Lipinski definition) is 6.